The summed E-state index contributed by atoms with van der Waals surface area (Å²) < 4.78 is 4.93. The van der Waals surface area contributed by atoms with Crippen LogP contribution in [0.25, 0.3) is 0 Å². The van der Waals surface area contributed by atoms with Gasteiger partial charge in [0.15, 0.2) is 0 Å². The fourth-order valence-corrected chi connectivity index (χ4v) is 3.45. The highest BCUT2D eigenvalue weighted by atomic mass is 16.5. The maximum atomic E-state index is 11.5. The lowest BCUT2D eigenvalue weighted by Crippen LogP contribution is -2.19. The normalized spacial score (nSPS) is 18.8. The van der Waals surface area contributed by atoms with Crippen LogP contribution >= 0.6 is 0 Å². The first-order valence-electron chi connectivity index (χ1n) is 9.90. The molecule has 0 aromatic heterocycles. The van der Waals surface area contributed by atoms with Crippen LogP contribution < -0.4 is 0 Å². The van der Waals surface area contributed by atoms with E-state index in [-0.39, 0.29) is 11.4 Å². The van der Waals surface area contributed by atoms with Crippen molar-refractivity contribution in [2.75, 3.05) is 6.61 Å². The average molecular weight is 357 g/mol. The Bertz CT molecular complexity index is 625. The molecule has 0 spiro atoms. The number of hydrogen-bond donors (Lipinski definition) is 0. The third-order valence-electron chi connectivity index (χ3n) is 4.85. The van der Waals surface area contributed by atoms with E-state index in [2.05, 4.69) is 45.9 Å². The van der Waals surface area contributed by atoms with Crippen molar-refractivity contribution in [3.63, 3.8) is 0 Å². The molecule has 0 amide bonds. The number of esters is 1. The maximum Gasteiger partial charge on any atom is 0.330 e. The number of hydrogen-bond acceptors (Lipinski definition) is 2. The van der Waals surface area contributed by atoms with E-state index in [1.165, 1.54) is 42.1 Å². The van der Waals surface area contributed by atoms with Crippen LogP contribution in [0.4, 0.5) is 0 Å². The third-order valence-corrected chi connectivity index (χ3v) is 4.85. The second kappa shape index (κ2) is 11.0. The topological polar surface area (TPSA) is 26.3 Å². The van der Waals surface area contributed by atoms with Crippen molar-refractivity contribution in [2.24, 2.45) is 5.41 Å². The van der Waals surface area contributed by atoms with Crippen molar-refractivity contribution in [3.05, 3.63) is 58.7 Å². The summed E-state index contributed by atoms with van der Waals surface area (Å²) in [5, 5.41) is 0. The summed E-state index contributed by atoms with van der Waals surface area (Å²) in [7, 11) is 0. The van der Waals surface area contributed by atoms with E-state index >= 15 is 0 Å². The molecule has 144 valence electrons. The predicted octanol–water partition coefficient (Wildman–Crippen LogP) is 6.86. The standard InChI is InChI=1S/C24H36O2/c1-7-11-21(14-9-12-19(3)18-23(25)26-8-2)15-16-22-20(4)13-10-17-24(22,5)6/h9,12,14-16,18H,7-8,10-11,13,17H2,1-6H3/b12-9+,16-15+,19-18+,21-14-. The van der Waals surface area contributed by atoms with E-state index in [9.17, 15) is 4.79 Å². The summed E-state index contributed by atoms with van der Waals surface area (Å²) in [4.78, 5) is 11.5. The molecule has 0 atom stereocenters. The van der Waals surface area contributed by atoms with Crippen LogP contribution in [0.3, 0.4) is 0 Å². The van der Waals surface area contributed by atoms with E-state index in [4.69, 9.17) is 4.74 Å². The number of carbonyl (C=O) groups excluding carboxylic acids is 1. The van der Waals surface area contributed by atoms with Gasteiger partial charge >= 0.3 is 5.97 Å². The molecule has 0 aromatic carbocycles. The summed E-state index contributed by atoms with van der Waals surface area (Å²) in [6, 6.07) is 0. The molecular formula is C24H36O2. The predicted molar refractivity (Wildman–Crippen MR) is 112 cm³/mol. The van der Waals surface area contributed by atoms with Gasteiger partial charge in [-0.2, -0.15) is 0 Å². The fraction of sp³-hybridized carbons (Fsp3) is 0.542. The van der Waals surface area contributed by atoms with Crippen LogP contribution in [0.1, 0.15) is 73.6 Å². The minimum absolute atomic E-state index is 0.269. The Morgan fingerprint density at radius 1 is 1.23 bits per heavy atom. The molecule has 0 heterocycles. The molecule has 0 N–H and O–H groups in total. The van der Waals surface area contributed by atoms with Crippen molar-refractivity contribution in [1.82, 2.24) is 0 Å². The Morgan fingerprint density at radius 3 is 2.58 bits per heavy atom. The molecular weight excluding hydrogens is 320 g/mol. The third kappa shape index (κ3) is 7.59. The first kappa shape index (κ1) is 22.2. The Kier molecular flexibility index (Phi) is 9.40. The summed E-state index contributed by atoms with van der Waals surface area (Å²) in [6.45, 7) is 13.3. The minimum Gasteiger partial charge on any atom is -0.463 e. The maximum absolute atomic E-state index is 11.5. The van der Waals surface area contributed by atoms with Crippen molar-refractivity contribution in [1.29, 1.82) is 0 Å². The molecule has 2 nitrogen and oxygen atoms in total. The van der Waals surface area contributed by atoms with Crippen molar-refractivity contribution >= 4 is 5.97 Å². The van der Waals surface area contributed by atoms with Crippen LogP contribution in [-0.4, -0.2) is 12.6 Å². The molecule has 0 radical (unpaired) electrons. The van der Waals surface area contributed by atoms with Crippen LogP contribution in [0.5, 0.6) is 0 Å². The van der Waals surface area contributed by atoms with Gasteiger partial charge in [-0.3, -0.25) is 0 Å². The SMILES string of the molecule is CCCC(=C/C=C/C(C)=C/C(=O)OCC)/C=C/C1=C(C)CCCC1(C)C. The lowest BCUT2D eigenvalue weighted by molar-refractivity contribution is -0.137. The van der Waals surface area contributed by atoms with Crippen molar-refractivity contribution in [3.8, 4) is 0 Å². The smallest absolute Gasteiger partial charge is 0.330 e. The van der Waals surface area contributed by atoms with Crippen LogP contribution in [0, 0.1) is 5.41 Å². The van der Waals surface area contributed by atoms with Crippen LogP contribution in [-0.2, 0) is 9.53 Å². The highest BCUT2D eigenvalue weighted by Crippen LogP contribution is 2.40. The summed E-state index contributed by atoms with van der Waals surface area (Å²) >= 11 is 0. The molecule has 0 bridgehead atoms. The second-order valence-electron chi connectivity index (χ2n) is 7.76. The summed E-state index contributed by atoms with van der Waals surface area (Å²) in [5.74, 6) is -0.283. The quantitative estimate of drug-likeness (QED) is 0.270. The first-order chi connectivity index (χ1) is 12.3. The van der Waals surface area contributed by atoms with E-state index in [0.29, 0.717) is 6.61 Å². The Morgan fingerprint density at radius 2 is 1.96 bits per heavy atom. The van der Waals surface area contributed by atoms with E-state index in [0.717, 1.165) is 18.4 Å². The van der Waals surface area contributed by atoms with Gasteiger partial charge in [-0.25, -0.2) is 4.79 Å². The lowest BCUT2D eigenvalue weighted by atomic mass is 9.72. The minimum atomic E-state index is -0.283. The number of carbonyl (C=O) groups is 1. The van der Waals surface area contributed by atoms with Gasteiger partial charge < -0.3 is 4.74 Å². The zero-order valence-corrected chi connectivity index (χ0v) is 17.5. The Hall–Kier alpha value is -1.83. The van der Waals surface area contributed by atoms with Gasteiger partial charge in [0.2, 0.25) is 0 Å². The largest absolute Gasteiger partial charge is 0.463 e. The molecule has 2 heteroatoms. The molecule has 26 heavy (non-hydrogen) atoms. The summed E-state index contributed by atoms with van der Waals surface area (Å²) in [5.41, 5.74) is 5.50. The van der Waals surface area contributed by atoms with Gasteiger partial charge in [0.25, 0.3) is 0 Å². The molecule has 0 fully saturated rings. The molecule has 0 saturated carbocycles. The second-order valence-corrected chi connectivity index (χ2v) is 7.76. The molecule has 0 saturated heterocycles. The van der Waals surface area contributed by atoms with Crippen molar-refractivity contribution in [2.45, 2.75) is 73.6 Å². The van der Waals surface area contributed by atoms with E-state index < -0.39 is 0 Å². The average Bonchev–Trinajstić information content (AvgIpc) is 2.53. The number of allylic oxidation sites excluding steroid dienone is 9. The number of ether oxygens (including phenoxy) is 1. The molecule has 1 rings (SSSR count). The zero-order valence-electron chi connectivity index (χ0n) is 17.5. The zero-order chi connectivity index (χ0) is 19.6. The Balaban J connectivity index is 2.90. The molecule has 0 aromatic rings. The van der Waals surface area contributed by atoms with Gasteiger partial charge in [-0.05, 0) is 68.6 Å². The fourth-order valence-electron chi connectivity index (χ4n) is 3.45. The highest BCUT2D eigenvalue weighted by Gasteiger charge is 2.26. The van der Waals surface area contributed by atoms with Crippen molar-refractivity contribution < 1.29 is 9.53 Å². The molecule has 1 aliphatic carbocycles. The van der Waals surface area contributed by atoms with Crippen LogP contribution in [0.2, 0.25) is 0 Å². The number of rotatable bonds is 8. The highest BCUT2D eigenvalue weighted by molar-refractivity contribution is 5.83. The lowest BCUT2D eigenvalue weighted by Gasteiger charge is -2.33. The molecule has 0 aliphatic heterocycles. The Labute approximate surface area is 160 Å². The van der Waals surface area contributed by atoms with E-state index in [1.807, 2.05) is 26.0 Å². The van der Waals surface area contributed by atoms with Crippen LogP contribution in [0.15, 0.2) is 58.7 Å². The van der Waals surface area contributed by atoms with Gasteiger partial charge in [0.1, 0.15) is 0 Å². The van der Waals surface area contributed by atoms with Gasteiger partial charge in [-0.15, -0.1) is 0 Å². The van der Waals surface area contributed by atoms with Gasteiger partial charge in [-0.1, -0.05) is 63.1 Å². The van der Waals surface area contributed by atoms with E-state index in [1.54, 1.807) is 0 Å². The van der Waals surface area contributed by atoms with Gasteiger partial charge in [0, 0.05) is 6.08 Å². The first-order valence-corrected chi connectivity index (χ1v) is 9.90. The van der Waals surface area contributed by atoms with Gasteiger partial charge in [0.05, 0.1) is 6.61 Å². The summed E-state index contributed by atoms with van der Waals surface area (Å²) in [6.07, 6.45) is 18.2. The molecule has 1 aliphatic rings. The molecule has 0 unspecified atom stereocenters. The monoisotopic (exact) mass is 356 g/mol.